The standard InChI is InChI=1S/C7H14Br2O2S/c1-2-12(10,11)4-3-7(5-8)6-9/h7H,2-6H2,1H3. The smallest absolute Gasteiger partial charge is 0.150 e. The Bertz CT molecular complexity index is 197. The normalized spacial score (nSPS) is 12.3. The van der Waals surface area contributed by atoms with Crippen LogP contribution in [0.5, 0.6) is 0 Å². The molecule has 0 aromatic carbocycles. The van der Waals surface area contributed by atoms with Crippen LogP contribution in [0.25, 0.3) is 0 Å². The Labute approximate surface area is 91.3 Å². The van der Waals surface area contributed by atoms with Gasteiger partial charge in [-0.25, -0.2) is 8.42 Å². The second-order valence-electron chi connectivity index (χ2n) is 2.70. The van der Waals surface area contributed by atoms with Crippen LogP contribution >= 0.6 is 31.9 Å². The quantitative estimate of drug-likeness (QED) is 0.703. The molecule has 0 radical (unpaired) electrons. The largest absolute Gasteiger partial charge is 0.229 e. The lowest BCUT2D eigenvalue weighted by atomic mass is 10.2. The molecule has 0 saturated heterocycles. The molecule has 0 atom stereocenters. The Balaban J connectivity index is 3.81. The minimum absolute atomic E-state index is 0.254. The first-order valence-electron chi connectivity index (χ1n) is 3.88. The molecule has 0 N–H and O–H groups in total. The lowest BCUT2D eigenvalue weighted by Gasteiger charge is -2.09. The van der Waals surface area contributed by atoms with Crippen LogP contribution in [0.15, 0.2) is 0 Å². The van der Waals surface area contributed by atoms with Crippen molar-refractivity contribution in [2.45, 2.75) is 13.3 Å². The summed E-state index contributed by atoms with van der Waals surface area (Å²) in [6.07, 6.45) is 0.743. The van der Waals surface area contributed by atoms with Gasteiger partial charge in [0.15, 0.2) is 0 Å². The van der Waals surface area contributed by atoms with Gasteiger partial charge in [0.1, 0.15) is 9.84 Å². The van der Waals surface area contributed by atoms with Gasteiger partial charge in [0.05, 0.1) is 5.75 Å². The lowest BCUT2D eigenvalue weighted by Crippen LogP contribution is -2.14. The molecule has 0 unspecified atom stereocenters. The van der Waals surface area contributed by atoms with E-state index in [1.165, 1.54) is 0 Å². The summed E-state index contributed by atoms with van der Waals surface area (Å²) < 4.78 is 22.2. The van der Waals surface area contributed by atoms with Gasteiger partial charge in [-0.1, -0.05) is 38.8 Å². The van der Waals surface area contributed by atoms with Crippen LogP contribution in [0.4, 0.5) is 0 Å². The van der Waals surface area contributed by atoms with Crippen molar-refractivity contribution in [1.29, 1.82) is 0 Å². The van der Waals surface area contributed by atoms with E-state index >= 15 is 0 Å². The summed E-state index contributed by atoms with van der Waals surface area (Å²) in [5, 5.41) is 1.72. The highest BCUT2D eigenvalue weighted by Gasteiger charge is 2.11. The zero-order chi connectivity index (χ0) is 9.61. The molecular weight excluding hydrogens is 308 g/mol. The molecule has 0 amide bonds. The molecule has 0 bridgehead atoms. The summed E-state index contributed by atoms with van der Waals surface area (Å²) in [5.41, 5.74) is 0. The lowest BCUT2D eigenvalue weighted by molar-refractivity contribution is 0.581. The van der Waals surface area contributed by atoms with Gasteiger partial charge >= 0.3 is 0 Å². The van der Waals surface area contributed by atoms with Gasteiger partial charge in [0.25, 0.3) is 0 Å². The topological polar surface area (TPSA) is 34.1 Å². The number of sulfone groups is 1. The maximum Gasteiger partial charge on any atom is 0.150 e. The third-order valence-corrected chi connectivity index (χ3v) is 5.28. The minimum atomic E-state index is -2.78. The average Bonchev–Trinajstić information content (AvgIpc) is 2.06. The zero-order valence-corrected chi connectivity index (χ0v) is 11.1. The van der Waals surface area contributed by atoms with Crippen molar-refractivity contribution in [1.82, 2.24) is 0 Å². The third kappa shape index (κ3) is 5.54. The van der Waals surface area contributed by atoms with Crippen LogP contribution < -0.4 is 0 Å². The van der Waals surface area contributed by atoms with Crippen molar-refractivity contribution < 1.29 is 8.42 Å². The highest BCUT2D eigenvalue weighted by molar-refractivity contribution is 9.09. The van der Waals surface area contributed by atoms with Gasteiger partial charge in [-0.3, -0.25) is 0 Å². The second-order valence-corrected chi connectivity index (χ2v) is 6.47. The highest BCUT2D eigenvalue weighted by Crippen LogP contribution is 2.11. The number of halogens is 2. The van der Waals surface area contributed by atoms with Crippen LogP contribution in [0.3, 0.4) is 0 Å². The Morgan fingerprint density at radius 3 is 2.08 bits per heavy atom. The van der Waals surface area contributed by atoms with E-state index in [1.54, 1.807) is 6.92 Å². The predicted octanol–water partition coefficient (Wildman–Crippen LogP) is 2.22. The molecular formula is C7H14Br2O2S. The summed E-state index contributed by atoms with van der Waals surface area (Å²) in [4.78, 5) is 0. The zero-order valence-electron chi connectivity index (χ0n) is 7.09. The first-order chi connectivity index (χ1) is 5.55. The molecule has 0 saturated carbocycles. The van der Waals surface area contributed by atoms with E-state index in [2.05, 4.69) is 31.9 Å². The molecule has 5 heteroatoms. The third-order valence-electron chi connectivity index (χ3n) is 1.71. The Kier molecular flexibility index (Phi) is 6.86. The molecule has 0 aromatic heterocycles. The summed E-state index contributed by atoms with van der Waals surface area (Å²) in [6.45, 7) is 1.69. The van der Waals surface area contributed by atoms with Crippen LogP contribution in [-0.2, 0) is 9.84 Å². The first-order valence-corrected chi connectivity index (χ1v) is 7.94. The van der Waals surface area contributed by atoms with E-state index in [4.69, 9.17) is 0 Å². The van der Waals surface area contributed by atoms with Crippen molar-refractivity contribution in [2.75, 3.05) is 22.2 Å². The van der Waals surface area contributed by atoms with Gasteiger partial charge in [-0.15, -0.1) is 0 Å². The monoisotopic (exact) mass is 320 g/mol. The first kappa shape index (κ1) is 12.9. The SMILES string of the molecule is CCS(=O)(=O)CCC(CBr)CBr. The Morgan fingerprint density at radius 2 is 1.75 bits per heavy atom. The van der Waals surface area contributed by atoms with E-state index in [-0.39, 0.29) is 5.75 Å². The summed E-state index contributed by atoms with van der Waals surface area (Å²) in [6, 6.07) is 0. The molecule has 0 aliphatic rings. The summed E-state index contributed by atoms with van der Waals surface area (Å²) in [5.74, 6) is 0.988. The number of rotatable bonds is 6. The molecule has 0 spiro atoms. The Hall–Kier alpha value is 0.910. The second kappa shape index (κ2) is 6.38. The molecule has 0 aromatic rings. The number of alkyl halides is 2. The van der Waals surface area contributed by atoms with Crippen LogP contribution in [-0.4, -0.2) is 30.6 Å². The number of hydrogen-bond acceptors (Lipinski definition) is 2. The fourth-order valence-electron chi connectivity index (χ4n) is 0.686. The molecule has 12 heavy (non-hydrogen) atoms. The van der Waals surface area contributed by atoms with Gasteiger partial charge < -0.3 is 0 Å². The molecule has 0 rings (SSSR count). The minimum Gasteiger partial charge on any atom is -0.229 e. The van der Waals surface area contributed by atoms with Crippen molar-refractivity contribution in [2.24, 2.45) is 5.92 Å². The van der Waals surface area contributed by atoms with E-state index in [1.807, 2.05) is 0 Å². The maximum atomic E-state index is 11.1. The van der Waals surface area contributed by atoms with Crippen LogP contribution in [0.2, 0.25) is 0 Å². The maximum absolute atomic E-state index is 11.1. The van der Waals surface area contributed by atoms with E-state index in [0.29, 0.717) is 11.7 Å². The molecule has 74 valence electrons. The molecule has 0 aliphatic carbocycles. The molecule has 0 heterocycles. The summed E-state index contributed by atoms with van der Waals surface area (Å²) in [7, 11) is -2.78. The molecule has 0 fully saturated rings. The molecule has 2 nitrogen and oxygen atoms in total. The van der Waals surface area contributed by atoms with Crippen molar-refractivity contribution in [3.05, 3.63) is 0 Å². The summed E-state index contributed by atoms with van der Waals surface area (Å²) >= 11 is 6.68. The van der Waals surface area contributed by atoms with E-state index in [9.17, 15) is 8.42 Å². The van der Waals surface area contributed by atoms with E-state index < -0.39 is 9.84 Å². The predicted molar refractivity (Wildman–Crippen MR) is 60.0 cm³/mol. The van der Waals surface area contributed by atoms with Gasteiger partial charge in [0, 0.05) is 16.4 Å². The fraction of sp³-hybridized carbons (Fsp3) is 1.00. The van der Waals surface area contributed by atoms with Crippen LogP contribution in [0.1, 0.15) is 13.3 Å². The number of hydrogen-bond donors (Lipinski definition) is 0. The van der Waals surface area contributed by atoms with Gasteiger partial charge in [-0.2, -0.15) is 0 Å². The molecule has 0 aliphatic heterocycles. The Morgan fingerprint density at radius 1 is 1.25 bits per heavy atom. The van der Waals surface area contributed by atoms with Crippen molar-refractivity contribution >= 4 is 41.7 Å². The fourth-order valence-corrected chi connectivity index (χ4v) is 3.39. The average molecular weight is 322 g/mol. The van der Waals surface area contributed by atoms with E-state index in [0.717, 1.165) is 17.1 Å². The van der Waals surface area contributed by atoms with Crippen molar-refractivity contribution in [3.63, 3.8) is 0 Å². The van der Waals surface area contributed by atoms with Gasteiger partial charge in [0.2, 0.25) is 0 Å². The highest BCUT2D eigenvalue weighted by atomic mass is 79.9. The van der Waals surface area contributed by atoms with Crippen molar-refractivity contribution in [3.8, 4) is 0 Å². The van der Waals surface area contributed by atoms with Crippen LogP contribution in [0, 0.1) is 5.92 Å². The van der Waals surface area contributed by atoms with Gasteiger partial charge in [-0.05, 0) is 12.3 Å².